The molecular weight excluding hydrogens is 246 g/mol. The number of halogens is 1. The highest BCUT2D eigenvalue weighted by Crippen LogP contribution is 2.19. The minimum absolute atomic E-state index is 0.531. The van der Waals surface area contributed by atoms with E-state index < -0.39 is 0 Å². The molecule has 0 spiro atoms. The van der Waals surface area contributed by atoms with E-state index in [2.05, 4.69) is 40.9 Å². The molecule has 18 heavy (non-hydrogen) atoms. The molecule has 1 fully saturated rings. The number of alkyl halides is 1. The first-order chi connectivity index (χ1) is 8.74. The highest BCUT2D eigenvalue weighted by molar-refractivity contribution is 6.17. The van der Waals surface area contributed by atoms with E-state index >= 15 is 0 Å². The zero-order valence-electron chi connectivity index (χ0n) is 11.3. The van der Waals surface area contributed by atoms with Crippen LogP contribution in [0.25, 0.3) is 0 Å². The second kappa shape index (κ2) is 6.39. The summed E-state index contributed by atoms with van der Waals surface area (Å²) in [4.78, 5) is 9.27. The Bertz CT molecular complexity index is 366. The van der Waals surface area contributed by atoms with Crippen LogP contribution in [0.5, 0.6) is 0 Å². The molecule has 100 valence electrons. The summed E-state index contributed by atoms with van der Waals surface area (Å²) < 4.78 is 0. The van der Waals surface area contributed by atoms with E-state index in [0.717, 1.165) is 24.5 Å². The van der Waals surface area contributed by atoms with Crippen LogP contribution in [0.1, 0.15) is 25.3 Å². The first-order valence-corrected chi connectivity index (χ1v) is 7.24. The quantitative estimate of drug-likeness (QED) is 0.765. The topological polar surface area (TPSA) is 19.4 Å². The van der Waals surface area contributed by atoms with E-state index in [1.54, 1.807) is 0 Å². The van der Waals surface area contributed by atoms with E-state index in [1.165, 1.54) is 19.4 Å². The van der Waals surface area contributed by atoms with Gasteiger partial charge in [0, 0.05) is 31.7 Å². The maximum Gasteiger partial charge on any atom is 0.128 e. The van der Waals surface area contributed by atoms with Crippen molar-refractivity contribution in [2.24, 2.45) is 0 Å². The summed E-state index contributed by atoms with van der Waals surface area (Å²) in [6, 6.07) is 4.79. The van der Waals surface area contributed by atoms with Crippen LogP contribution in [0, 0.1) is 0 Å². The first-order valence-electron chi connectivity index (χ1n) is 6.70. The molecule has 1 aliphatic heterocycles. The highest BCUT2D eigenvalue weighted by Gasteiger charge is 2.24. The molecule has 2 heterocycles. The lowest BCUT2D eigenvalue weighted by Crippen LogP contribution is -2.39. The van der Waals surface area contributed by atoms with Crippen LogP contribution in [0.15, 0.2) is 18.3 Å². The molecule has 1 saturated heterocycles. The smallest absolute Gasteiger partial charge is 0.128 e. The zero-order valence-corrected chi connectivity index (χ0v) is 12.0. The Hall–Kier alpha value is -0.800. The minimum atomic E-state index is 0.531. The van der Waals surface area contributed by atoms with E-state index in [1.807, 2.05) is 6.20 Å². The van der Waals surface area contributed by atoms with Gasteiger partial charge in [0.2, 0.25) is 0 Å². The minimum Gasteiger partial charge on any atom is -0.358 e. The summed E-state index contributed by atoms with van der Waals surface area (Å²) in [5.41, 5.74) is 1.07. The molecule has 3 nitrogen and oxygen atoms in total. The maximum atomic E-state index is 5.77. The number of anilines is 1. The molecule has 0 saturated carbocycles. The molecule has 2 rings (SSSR count). The molecular formula is C14H22ClN3. The number of pyridine rings is 1. The number of aromatic nitrogens is 1. The van der Waals surface area contributed by atoms with Crippen molar-refractivity contribution in [3.05, 3.63) is 23.9 Å². The van der Waals surface area contributed by atoms with Gasteiger partial charge in [-0.25, -0.2) is 4.98 Å². The monoisotopic (exact) mass is 267 g/mol. The number of likely N-dealkylation sites (N-methyl/N-ethyl adjacent to an activating group) is 2. The first kappa shape index (κ1) is 13.6. The lowest BCUT2D eigenvalue weighted by atomic mass is 10.2. The fraction of sp³-hybridized carbons (Fsp3) is 0.643. The second-order valence-corrected chi connectivity index (χ2v) is 5.23. The Morgan fingerprint density at radius 1 is 1.50 bits per heavy atom. The molecule has 0 aliphatic carbocycles. The van der Waals surface area contributed by atoms with Gasteiger partial charge in [0.05, 0.1) is 0 Å². The van der Waals surface area contributed by atoms with Crippen molar-refractivity contribution in [1.29, 1.82) is 0 Å². The van der Waals surface area contributed by atoms with Gasteiger partial charge >= 0.3 is 0 Å². The van der Waals surface area contributed by atoms with Crippen molar-refractivity contribution in [1.82, 2.24) is 9.88 Å². The van der Waals surface area contributed by atoms with Gasteiger partial charge in [-0.2, -0.15) is 0 Å². The Kier molecular flexibility index (Phi) is 4.84. The molecule has 1 atom stereocenters. The van der Waals surface area contributed by atoms with Crippen LogP contribution in [0.3, 0.4) is 0 Å². The van der Waals surface area contributed by atoms with Crippen LogP contribution in [0.4, 0.5) is 5.82 Å². The highest BCUT2D eigenvalue weighted by atomic mass is 35.5. The number of nitrogens with zero attached hydrogens (tertiary/aromatic N) is 3. The van der Waals surface area contributed by atoms with Crippen molar-refractivity contribution in [2.45, 2.75) is 31.7 Å². The Balaban J connectivity index is 1.95. The molecule has 1 aliphatic rings. The molecule has 1 aromatic rings. The van der Waals surface area contributed by atoms with Crippen molar-refractivity contribution < 1.29 is 0 Å². The third-order valence-corrected chi connectivity index (χ3v) is 4.05. The molecule has 4 heteroatoms. The predicted molar refractivity (Wildman–Crippen MR) is 77.3 cm³/mol. The van der Waals surface area contributed by atoms with Gasteiger partial charge in [0.25, 0.3) is 0 Å². The van der Waals surface area contributed by atoms with Crippen LogP contribution in [-0.2, 0) is 5.88 Å². The lowest BCUT2D eigenvalue weighted by Gasteiger charge is -2.28. The maximum absolute atomic E-state index is 5.77. The molecule has 0 amide bonds. The lowest BCUT2D eigenvalue weighted by molar-refractivity contribution is 0.270. The zero-order chi connectivity index (χ0) is 13.0. The third kappa shape index (κ3) is 3.15. The molecule has 0 N–H and O–H groups in total. The molecule has 0 bridgehead atoms. The molecule has 0 radical (unpaired) electrons. The summed E-state index contributed by atoms with van der Waals surface area (Å²) in [7, 11) is 2.12. The average molecular weight is 268 g/mol. The van der Waals surface area contributed by atoms with Gasteiger partial charge in [-0.3, -0.25) is 4.90 Å². The number of rotatable bonds is 5. The Labute approximate surface area is 115 Å². The van der Waals surface area contributed by atoms with Crippen LogP contribution < -0.4 is 4.90 Å². The fourth-order valence-electron chi connectivity index (χ4n) is 2.65. The van der Waals surface area contributed by atoms with E-state index in [9.17, 15) is 0 Å². The predicted octanol–water partition coefficient (Wildman–Crippen LogP) is 2.74. The largest absolute Gasteiger partial charge is 0.358 e. The van der Waals surface area contributed by atoms with Gasteiger partial charge in [-0.15, -0.1) is 11.6 Å². The Morgan fingerprint density at radius 2 is 2.33 bits per heavy atom. The van der Waals surface area contributed by atoms with Gasteiger partial charge in [-0.1, -0.05) is 13.0 Å². The van der Waals surface area contributed by atoms with E-state index in [-0.39, 0.29) is 0 Å². The van der Waals surface area contributed by atoms with Crippen molar-refractivity contribution >= 4 is 17.4 Å². The van der Waals surface area contributed by atoms with Gasteiger partial charge < -0.3 is 4.90 Å². The summed E-state index contributed by atoms with van der Waals surface area (Å²) in [5.74, 6) is 1.57. The van der Waals surface area contributed by atoms with Crippen LogP contribution in [0.2, 0.25) is 0 Å². The number of hydrogen-bond donors (Lipinski definition) is 0. The Morgan fingerprint density at radius 3 is 2.94 bits per heavy atom. The van der Waals surface area contributed by atoms with Crippen molar-refractivity contribution in [2.75, 3.05) is 31.6 Å². The molecule has 1 aromatic heterocycles. The van der Waals surface area contributed by atoms with Crippen LogP contribution in [-0.4, -0.2) is 42.6 Å². The summed E-state index contributed by atoms with van der Waals surface area (Å²) in [6.45, 7) is 5.69. The average Bonchev–Trinajstić information content (AvgIpc) is 2.86. The standard InChI is InChI=1S/C14H22ClN3/c1-3-18-8-4-5-13(18)11-17(2)14-7-6-12(9-15)10-16-14/h6-7,10,13H,3-5,8-9,11H2,1-2H3. The fourth-order valence-corrected chi connectivity index (χ4v) is 2.81. The number of hydrogen-bond acceptors (Lipinski definition) is 3. The SMILES string of the molecule is CCN1CCCC1CN(C)c1ccc(CCl)cn1. The van der Waals surface area contributed by atoms with Crippen molar-refractivity contribution in [3.63, 3.8) is 0 Å². The van der Waals surface area contributed by atoms with E-state index in [4.69, 9.17) is 11.6 Å². The van der Waals surface area contributed by atoms with Gasteiger partial charge in [-0.05, 0) is 37.6 Å². The van der Waals surface area contributed by atoms with Gasteiger partial charge in [0.15, 0.2) is 0 Å². The summed E-state index contributed by atoms with van der Waals surface area (Å²) in [5, 5.41) is 0. The van der Waals surface area contributed by atoms with Gasteiger partial charge in [0.1, 0.15) is 5.82 Å². The second-order valence-electron chi connectivity index (χ2n) is 4.96. The third-order valence-electron chi connectivity index (χ3n) is 3.74. The normalized spacial score (nSPS) is 20.3. The number of likely N-dealkylation sites (tertiary alicyclic amines) is 1. The molecule has 0 aromatic carbocycles. The molecule has 1 unspecified atom stereocenters. The van der Waals surface area contributed by atoms with E-state index in [0.29, 0.717) is 11.9 Å². The summed E-state index contributed by atoms with van der Waals surface area (Å²) in [6.07, 6.45) is 4.49. The van der Waals surface area contributed by atoms with Crippen LogP contribution >= 0.6 is 11.6 Å². The summed E-state index contributed by atoms with van der Waals surface area (Å²) >= 11 is 5.77. The van der Waals surface area contributed by atoms with Crippen molar-refractivity contribution in [3.8, 4) is 0 Å².